The predicted octanol–water partition coefficient (Wildman–Crippen LogP) is 3.77. The molecular weight excluding hydrogens is 472 g/mol. The van der Waals surface area contributed by atoms with Crippen molar-refractivity contribution in [1.29, 1.82) is 0 Å². The third-order valence-corrected chi connectivity index (χ3v) is 3.64. The van der Waals surface area contributed by atoms with Crippen LogP contribution in [0.15, 0.2) is 16.6 Å². The minimum Gasteiger partial charge on any atom is -0.454 e. The SMILES string of the molecule is CC(C)(C)c1cc2c(cc1Br)OCO2.O=C(C#CC#CC#CBr)OOO. The van der Waals surface area contributed by atoms with Gasteiger partial charge in [-0.2, -0.15) is 0 Å². The Labute approximate surface area is 168 Å². The topological polar surface area (TPSA) is 74.2 Å². The number of rotatable bonds is 1. The van der Waals surface area contributed by atoms with Gasteiger partial charge in [0.1, 0.15) is 0 Å². The molecule has 0 spiro atoms. The van der Waals surface area contributed by atoms with Gasteiger partial charge in [-0.25, -0.2) is 10.1 Å². The Morgan fingerprint density at radius 1 is 1.15 bits per heavy atom. The number of hydrogen-bond acceptors (Lipinski definition) is 6. The van der Waals surface area contributed by atoms with Crippen LogP contribution in [0.3, 0.4) is 0 Å². The number of fused-ring (bicyclic) bond motifs is 1. The number of ether oxygens (including phenoxy) is 2. The van der Waals surface area contributed by atoms with Crippen molar-refractivity contribution < 1.29 is 29.5 Å². The lowest BCUT2D eigenvalue weighted by molar-refractivity contribution is -0.460. The monoisotopic (exact) mass is 484 g/mol. The van der Waals surface area contributed by atoms with Crippen LogP contribution in [0, 0.1) is 34.4 Å². The van der Waals surface area contributed by atoms with Crippen LogP contribution in [0.4, 0.5) is 0 Å². The second-order valence-electron chi connectivity index (χ2n) is 5.60. The van der Waals surface area contributed by atoms with Crippen molar-refractivity contribution in [2.75, 3.05) is 6.79 Å². The first kappa shape index (κ1) is 21.9. The van der Waals surface area contributed by atoms with E-state index >= 15 is 0 Å². The summed E-state index contributed by atoms with van der Waals surface area (Å²) in [6.45, 7) is 6.86. The van der Waals surface area contributed by atoms with E-state index in [-0.39, 0.29) is 5.41 Å². The second kappa shape index (κ2) is 10.8. The van der Waals surface area contributed by atoms with Crippen molar-refractivity contribution in [3.8, 4) is 45.9 Å². The number of carbonyl (C=O) groups is 1. The maximum atomic E-state index is 10.3. The summed E-state index contributed by atoms with van der Waals surface area (Å²) in [6, 6.07) is 4.02. The van der Waals surface area contributed by atoms with Gasteiger partial charge in [0.25, 0.3) is 0 Å². The highest BCUT2D eigenvalue weighted by molar-refractivity contribution is 9.12. The summed E-state index contributed by atoms with van der Waals surface area (Å²) < 4.78 is 11.7. The van der Waals surface area contributed by atoms with Gasteiger partial charge < -0.3 is 9.47 Å². The zero-order valence-electron chi connectivity index (χ0n) is 14.1. The van der Waals surface area contributed by atoms with E-state index in [1.165, 1.54) is 5.56 Å². The van der Waals surface area contributed by atoms with Crippen LogP contribution in [0.5, 0.6) is 11.5 Å². The summed E-state index contributed by atoms with van der Waals surface area (Å²) in [7, 11) is 0. The Hall–Kier alpha value is -2.15. The lowest BCUT2D eigenvalue weighted by Crippen LogP contribution is -2.11. The van der Waals surface area contributed by atoms with E-state index in [0.29, 0.717) is 6.79 Å². The largest absolute Gasteiger partial charge is 0.454 e. The average Bonchev–Trinajstić information content (AvgIpc) is 3.01. The van der Waals surface area contributed by atoms with E-state index in [0.717, 1.165) is 16.0 Å². The molecule has 0 bridgehead atoms. The minimum atomic E-state index is -1.04. The van der Waals surface area contributed by atoms with Crippen LogP contribution >= 0.6 is 31.9 Å². The van der Waals surface area contributed by atoms with Gasteiger partial charge in [-0.05, 0) is 56.7 Å². The van der Waals surface area contributed by atoms with E-state index < -0.39 is 5.97 Å². The fraction of sp³-hybridized carbons (Fsp3) is 0.278. The Morgan fingerprint density at radius 2 is 1.77 bits per heavy atom. The second-order valence-corrected chi connectivity index (χ2v) is 6.85. The first-order valence-electron chi connectivity index (χ1n) is 7.03. The molecule has 8 heteroatoms. The molecule has 0 aromatic heterocycles. The first-order valence-corrected chi connectivity index (χ1v) is 8.61. The van der Waals surface area contributed by atoms with Crippen molar-refractivity contribution in [2.45, 2.75) is 26.2 Å². The molecule has 1 aromatic carbocycles. The van der Waals surface area contributed by atoms with E-state index in [9.17, 15) is 4.79 Å². The molecule has 2 rings (SSSR count). The number of carbonyl (C=O) groups excluding carboxylic acids is 1. The van der Waals surface area contributed by atoms with Crippen molar-refractivity contribution in [3.63, 3.8) is 0 Å². The fourth-order valence-corrected chi connectivity index (χ4v) is 2.73. The van der Waals surface area contributed by atoms with Crippen molar-refractivity contribution in [1.82, 2.24) is 0 Å². The van der Waals surface area contributed by atoms with Crippen molar-refractivity contribution >= 4 is 37.8 Å². The molecule has 1 aliphatic rings. The van der Waals surface area contributed by atoms with E-state index in [2.05, 4.69) is 91.1 Å². The predicted molar refractivity (Wildman–Crippen MR) is 101 cm³/mol. The number of hydrogen-bond donors (Lipinski definition) is 1. The summed E-state index contributed by atoms with van der Waals surface area (Å²) in [5.74, 6) is 11.5. The van der Waals surface area contributed by atoms with Gasteiger partial charge in [-0.15, -0.1) is 0 Å². The normalized spacial score (nSPS) is 10.5. The molecule has 0 unspecified atom stereocenters. The molecular formula is C18H14Br2O6. The van der Waals surface area contributed by atoms with E-state index in [1.807, 2.05) is 18.1 Å². The minimum absolute atomic E-state index is 0.111. The Bertz CT molecular complexity index is 838. The van der Waals surface area contributed by atoms with Gasteiger partial charge in [0.05, 0.1) is 0 Å². The van der Waals surface area contributed by atoms with Gasteiger partial charge in [0.2, 0.25) is 6.79 Å². The zero-order valence-corrected chi connectivity index (χ0v) is 17.3. The number of benzene rings is 1. The van der Waals surface area contributed by atoms with Gasteiger partial charge in [0, 0.05) is 26.3 Å². The number of halogens is 2. The van der Waals surface area contributed by atoms with Crippen LogP contribution in [-0.4, -0.2) is 18.0 Å². The Kier molecular flexibility index (Phi) is 9.05. The maximum Gasteiger partial charge on any atom is 0.420 e. The zero-order chi connectivity index (χ0) is 19.6. The van der Waals surface area contributed by atoms with Crippen LogP contribution in [0.2, 0.25) is 0 Å². The molecule has 0 radical (unpaired) electrons. The molecule has 0 saturated carbocycles. The van der Waals surface area contributed by atoms with Gasteiger partial charge in [-0.3, -0.25) is 4.89 Å². The van der Waals surface area contributed by atoms with Crippen LogP contribution < -0.4 is 9.47 Å². The molecule has 0 fully saturated rings. The van der Waals surface area contributed by atoms with Crippen molar-refractivity contribution in [2.24, 2.45) is 0 Å². The highest BCUT2D eigenvalue weighted by Crippen LogP contribution is 2.40. The molecule has 0 atom stereocenters. The van der Waals surface area contributed by atoms with Gasteiger partial charge in [0.15, 0.2) is 11.5 Å². The quantitative estimate of drug-likeness (QED) is 0.371. The molecule has 0 amide bonds. The van der Waals surface area contributed by atoms with Gasteiger partial charge >= 0.3 is 5.97 Å². The Morgan fingerprint density at radius 3 is 2.35 bits per heavy atom. The van der Waals surface area contributed by atoms with E-state index in [1.54, 1.807) is 0 Å². The average molecular weight is 486 g/mol. The molecule has 0 aliphatic carbocycles. The molecule has 1 aromatic rings. The lowest BCUT2D eigenvalue weighted by atomic mass is 9.87. The Balaban J connectivity index is 0.000000265. The molecule has 136 valence electrons. The molecule has 1 N–H and O–H groups in total. The summed E-state index contributed by atoms with van der Waals surface area (Å²) in [6.07, 6.45) is 0. The van der Waals surface area contributed by atoms with E-state index in [4.69, 9.17) is 14.7 Å². The molecule has 1 heterocycles. The van der Waals surface area contributed by atoms with Crippen LogP contribution in [0.1, 0.15) is 26.3 Å². The third-order valence-electron chi connectivity index (χ3n) is 2.78. The summed E-state index contributed by atoms with van der Waals surface area (Å²) in [4.78, 5) is 16.2. The standard InChI is InChI=1S/C11H13BrO2.C7HBrO4/c1-11(2,3)7-4-9-10(5-8(7)12)14-6-13-9;8-6-4-2-1-3-5-7(9)11-12-10/h4-5H,6H2,1-3H3;10H. The van der Waals surface area contributed by atoms with Crippen LogP contribution in [0.25, 0.3) is 0 Å². The van der Waals surface area contributed by atoms with Gasteiger partial charge in [-0.1, -0.05) is 36.7 Å². The molecule has 6 nitrogen and oxygen atoms in total. The summed E-state index contributed by atoms with van der Waals surface area (Å²) in [5.41, 5.74) is 1.35. The lowest BCUT2D eigenvalue weighted by Gasteiger charge is -2.21. The third kappa shape index (κ3) is 7.39. The highest BCUT2D eigenvalue weighted by atomic mass is 79.9. The highest BCUT2D eigenvalue weighted by Gasteiger charge is 2.22. The van der Waals surface area contributed by atoms with Crippen molar-refractivity contribution in [3.05, 3.63) is 22.2 Å². The molecule has 0 saturated heterocycles. The molecule has 1 aliphatic heterocycles. The fourth-order valence-electron chi connectivity index (χ4n) is 1.72. The summed E-state index contributed by atoms with van der Waals surface area (Å²) in [5, 5.41) is 10.6. The smallest absolute Gasteiger partial charge is 0.420 e. The maximum absolute atomic E-state index is 10.3. The van der Waals surface area contributed by atoms with Crippen LogP contribution in [-0.2, 0) is 20.1 Å². The summed E-state index contributed by atoms with van der Waals surface area (Å²) >= 11 is 6.35. The first-order chi connectivity index (χ1) is 12.3. The molecule has 26 heavy (non-hydrogen) atoms.